The predicted octanol–water partition coefficient (Wildman–Crippen LogP) is 3.77. The summed E-state index contributed by atoms with van der Waals surface area (Å²) in [6, 6.07) is 5.97. The fourth-order valence-corrected chi connectivity index (χ4v) is 3.15. The van der Waals surface area contributed by atoms with E-state index in [1.165, 1.54) is 4.88 Å². The molecule has 0 amide bonds. The van der Waals surface area contributed by atoms with Crippen molar-refractivity contribution in [3.05, 3.63) is 39.8 Å². The Labute approximate surface area is 182 Å². The molecule has 2 aromatic rings. The summed E-state index contributed by atoms with van der Waals surface area (Å²) >= 11 is 1.73. The van der Waals surface area contributed by atoms with Gasteiger partial charge in [-0.05, 0) is 31.0 Å². The monoisotopic (exact) mass is 504 g/mol. The van der Waals surface area contributed by atoms with E-state index in [1.54, 1.807) is 25.5 Å². The second-order valence-corrected chi connectivity index (χ2v) is 7.12. The van der Waals surface area contributed by atoms with Gasteiger partial charge in [-0.1, -0.05) is 13.0 Å². The quantitative estimate of drug-likeness (QED) is 0.309. The van der Waals surface area contributed by atoms with Crippen LogP contribution in [0.3, 0.4) is 0 Å². The smallest absolute Gasteiger partial charge is 0.191 e. The summed E-state index contributed by atoms with van der Waals surface area (Å²) in [6.45, 7) is 6.28. The van der Waals surface area contributed by atoms with Crippen LogP contribution in [-0.2, 0) is 13.0 Å². The minimum atomic E-state index is 0. The Hall–Kier alpha value is -1.55. The van der Waals surface area contributed by atoms with Crippen LogP contribution >= 0.6 is 35.3 Å². The zero-order valence-electron chi connectivity index (χ0n) is 16.4. The van der Waals surface area contributed by atoms with Crippen molar-refractivity contribution in [3.63, 3.8) is 0 Å². The molecule has 2 N–H and O–H groups in total. The molecule has 1 heterocycles. The van der Waals surface area contributed by atoms with Crippen molar-refractivity contribution in [2.45, 2.75) is 33.2 Å². The zero-order chi connectivity index (χ0) is 18.8. The Bertz CT molecular complexity index is 721. The second-order valence-electron chi connectivity index (χ2n) is 5.80. The topological polar surface area (TPSA) is 67.8 Å². The van der Waals surface area contributed by atoms with Gasteiger partial charge in [0.15, 0.2) is 17.5 Å². The molecule has 1 aromatic heterocycles. The van der Waals surface area contributed by atoms with Crippen LogP contribution in [0.5, 0.6) is 11.5 Å². The molecule has 6 nitrogen and oxygen atoms in total. The number of hydrogen-bond donors (Lipinski definition) is 2. The third-order valence-electron chi connectivity index (χ3n) is 3.67. The van der Waals surface area contributed by atoms with Crippen molar-refractivity contribution in [1.29, 1.82) is 0 Å². The number of hydrogen-bond acceptors (Lipinski definition) is 5. The van der Waals surface area contributed by atoms with Gasteiger partial charge >= 0.3 is 0 Å². The van der Waals surface area contributed by atoms with Crippen LogP contribution in [0.15, 0.2) is 29.4 Å². The van der Waals surface area contributed by atoms with E-state index < -0.39 is 0 Å². The summed E-state index contributed by atoms with van der Waals surface area (Å²) < 4.78 is 11.1. The van der Waals surface area contributed by atoms with Crippen molar-refractivity contribution < 1.29 is 9.47 Å². The lowest BCUT2D eigenvalue weighted by atomic mass is 10.2. The molecule has 0 spiro atoms. The van der Waals surface area contributed by atoms with E-state index >= 15 is 0 Å². The molecule has 27 heavy (non-hydrogen) atoms. The van der Waals surface area contributed by atoms with Crippen LogP contribution in [0.1, 0.15) is 28.8 Å². The molecular formula is C19H29IN4O2S. The SMILES string of the molecule is CCCOc1ccc(CNC(=NC)NCCc2ncc(C)s2)cc1OC.I. The largest absolute Gasteiger partial charge is 0.493 e. The maximum absolute atomic E-state index is 5.69. The Morgan fingerprint density at radius 3 is 2.70 bits per heavy atom. The molecule has 0 fully saturated rings. The van der Waals surface area contributed by atoms with Gasteiger partial charge in [-0.25, -0.2) is 4.98 Å². The van der Waals surface area contributed by atoms with Crippen molar-refractivity contribution in [2.75, 3.05) is 27.3 Å². The first-order valence-electron chi connectivity index (χ1n) is 8.81. The van der Waals surface area contributed by atoms with Crippen LogP contribution in [0.4, 0.5) is 0 Å². The van der Waals surface area contributed by atoms with Crippen LogP contribution < -0.4 is 20.1 Å². The Kier molecular flexibility index (Phi) is 11.1. The van der Waals surface area contributed by atoms with Crippen LogP contribution in [-0.4, -0.2) is 38.3 Å². The first kappa shape index (κ1) is 23.5. The third-order valence-corrected chi connectivity index (χ3v) is 4.65. The van der Waals surface area contributed by atoms with E-state index in [4.69, 9.17) is 9.47 Å². The number of aromatic nitrogens is 1. The van der Waals surface area contributed by atoms with Crippen molar-refractivity contribution in [1.82, 2.24) is 15.6 Å². The number of guanidine groups is 1. The van der Waals surface area contributed by atoms with Gasteiger partial charge in [-0.15, -0.1) is 35.3 Å². The number of benzene rings is 1. The Morgan fingerprint density at radius 1 is 1.26 bits per heavy atom. The number of ether oxygens (including phenoxy) is 2. The molecule has 0 unspecified atom stereocenters. The molecule has 0 aliphatic heterocycles. The average Bonchev–Trinajstić information content (AvgIpc) is 3.08. The minimum absolute atomic E-state index is 0. The summed E-state index contributed by atoms with van der Waals surface area (Å²) in [7, 11) is 3.43. The van der Waals surface area contributed by atoms with E-state index in [2.05, 4.69) is 34.5 Å². The fraction of sp³-hybridized carbons (Fsp3) is 0.474. The van der Waals surface area contributed by atoms with Crippen molar-refractivity contribution in [3.8, 4) is 11.5 Å². The Morgan fingerprint density at radius 2 is 2.07 bits per heavy atom. The maximum atomic E-state index is 5.69. The predicted molar refractivity (Wildman–Crippen MR) is 123 cm³/mol. The fourth-order valence-electron chi connectivity index (χ4n) is 2.36. The number of nitrogens with zero attached hydrogens (tertiary/aromatic N) is 2. The normalized spacial score (nSPS) is 10.9. The summed E-state index contributed by atoms with van der Waals surface area (Å²) in [4.78, 5) is 9.87. The van der Waals surface area contributed by atoms with E-state index in [0.29, 0.717) is 13.2 Å². The van der Waals surface area contributed by atoms with Gasteiger partial charge in [0.2, 0.25) is 0 Å². The molecule has 0 saturated carbocycles. The average molecular weight is 504 g/mol. The van der Waals surface area contributed by atoms with E-state index in [-0.39, 0.29) is 24.0 Å². The highest BCUT2D eigenvalue weighted by atomic mass is 127. The molecule has 0 bridgehead atoms. The lowest BCUT2D eigenvalue weighted by Gasteiger charge is -2.14. The molecule has 0 aliphatic carbocycles. The van der Waals surface area contributed by atoms with Crippen LogP contribution in [0.2, 0.25) is 0 Å². The van der Waals surface area contributed by atoms with E-state index in [1.807, 2.05) is 24.4 Å². The van der Waals surface area contributed by atoms with Gasteiger partial charge in [0.1, 0.15) is 0 Å². The van der Waals surface area contributed by atoms with Crippen LogP contribution in [0.25, 0.3) is 0 Å². The van der Waals surface area contributed by atoms with Crippen molar-refractivity contribution in [2.24, 2.45) is 4.99 Å². The van der Waals surface area contributed by atoms with Gasteiger partial charge in [-0.2, -0.15) is 0 Å². The first-order valence-corrected chi connectivity index (χ1v) is 9.63. The molecule has 8 heteroatoms. The molecule has 1 aromatic carbocycles. The van der Waals surface area contributed by atoms with Crippen LogP contribution in [0, 0.1) is 6.92 Å². The maximum Gasteiger partial charge on any atom is 0.191 e. The first-order chi connectivity index (χ1) is 12.7. The highest BCUT2D eigenvalue weighted by Crippen LogP contribution is 2.28. The standard InChI is InChI=1S/C19H28N4O2S.HI/c1-5-10-25-16-7-6-15(11-17(16)24-4)13-23-19(20-3)21-9-8-18-22-12-14(2)26-18;/h6-7,11-12H,5,8-10,13H2,1-4H3,(H2,20,21,23);1H. The third kappa shape index (κ3) is 7.92. The van der Waals surface area contributed by atoms with Gasteiger partial charge in [0.05, 0.1) is 18.7 Å². The molecule has 150 valence electrons. The number of methoxy groups -OCH3 is 1. The zero-order valence-corrected chi connectivity index (χ0v) is 19.5. The summed E-state index contributed by atoms with van der Waals surface area (Å²) in [6.07, 6.45) is 3.76. The highest BCUT2D eigenvalue weighted by Gasteiger charge is 2.06. The summed E-state index contributed by atoms with van der Waals surface area (Å²) in [5.41, 5.74) is 1.10. The number of aryl methyl sites for hydroxylation is 1. The molecule has 2 rings (SSSR count). The van der Waals surface area contributed by atoms with Gasteiger partial charge < -0.3 is 20.1 Å². The molecular weight excluding hydrogens is 475 g/mol. The molecule has 0 aliphatic rings. The number of thiazole rings is 1. The summed E-state index contributed by atoms with van der Waals surface area (Å²) in [5, 5.41) is 7.77. The lowest BCUT2D eigenvalue weighted by Crippen LogP contribution is -2.37. The minimum Gasteiger partial charge on any atom is -0.493 e. The van der Waals surface area contributed by atoms with Crippen molar-refractivity contribution >= 4 is 41.3 Å². The number of aliphatic imine (C=N–C) groups is 1. The van der Waals surface area contributed by atoms with Gasteiger partial charge in [0.25, 0.3) is 0 Å². The van der Waals surface area contributed by atoms with Gasteiger partial charge in [0, 0.05) is 37.6 Å². The van der Waals surface area contributed by atoms with E-state index in [0.717, 1.165) is 47.4 Å². The van der Waals surface area contributed by atoms with Gasteiger partial charge in [-0.3, -0.25) is 4.99 Å². The number of nitrogens with one attached hydrogen (secondary N) is 2. The highest BCUT2D eigenvalue weighted by molar-refractivity contribution is 14.0. The number of rotatable bonds is 9. The molecule has 0 atom stereocenters. The number of halogens is 1. The second kappa shape index (κ2) is 12.8. The lowest BCUT2D eigenvalue weighted by molar-refractivity contribution is 0.294. The van der Waals surface area contributed by atoms with E-state index in [9.17, 15) is 0 Å². The molecule has 0 radical (unpaired) electrons. The molecule has 0 saturated heterocycles. The Balaban J connectivity index is 0.00000364. The summed E-state index contributed by atoms with van der Waals surface area (Å²) in [5.74, 6) is 2.29.